The van der Waals surface area contributed by atoms with E-state index in [1.54, 1.807) is 18.2 Å². The standard InChI is InChI=1S/C30H24Cl2N2O3S/c1-19-15-23(16-28-29(35)33(30(36)38-28)17-21-3-7-24(31)8-4-21)20(2)34(19)26-11-13-27(14-12-26)37-18-22-5-9-25(32)10-6-22/h3-16H,17-18H2,1-2H3/b28-16+. The Labute approximate surface area is 235 Å². The Bertz CT molecular complexity index is 1530. The number of nitrogens with zero attached hydrogens (tertiary/aromatic N) is 2. The second kappa shape index (κ2) is 11.1. The van der Waals surface area contributed by atoms with E-state index in [-0.39, 0.29) is 17.7 Å². The minimum Gasteiger partial charge on any atom is -0.489 e. The molecule has 38 heavy (non-hydrogen) atoms. The molecule has 0 bridgehead atoms. The highest BCUT2D eigenvalue weighted by molar-refractivity contribution is 8.18. The van der Waals surface area contributed by atoms with Crippen LogP contribution in [0.25, 0.3) is 11.8 Å². The predicted molar refractivity (Wildman–Crippen MR) is 154 cm³/mol. The Kier molecular flexibility index (Phi) is 7.65. The molecule has 0 radical (unpaired) electrons. The summed E-state index contributed by atoms with van der Waals surface area (Å²) in [5, 5.41) is 1.03. The van der Waals surface area contributed by atoms with Crippen molar-refractivity contribution in [2.75, 3.05) is 0 Å². The molecular weight excluding hydrogens is 539 g/mol. The Morgan fingerprint density at radius 1 is 0.842 bits per heavy atom. The molecule has 1 saturated heterocycles. The first-order valence-electron chi connectivity index (χ1n) is 11.9. The van der Waals surface area contributed by atoms with Gasteiger partial charge in [-0.3, -0.25) is 14.5 Å². The third-order valence-corrected chi connectivity index (χ3v) is 7.71. The van der Waals surface area contributed by atoms with Gasteiger partial charge in [0.2, 0.25) is 0 Å². The van der Waals surface area contributed by atoms with E-state index in [1.807, 2.05) is 80.6 Å². The number of amides is 2. The molecule has 1 aliphatic heterocycles. The lowest BCUT2D eigenvalue weighted by molar-refractivity contribution is -0.123. The number of benzene rings is 3. The van der Waals surface area contributed by atoms with Crippen LogP contribution >= 0.6 is 35.0 Å². The lowest BCUT2D eigenvalue weighted by atomic mass is 10.2. The zero-order chi connectivity index (χ0) is 26.8. The number of rotatable bonds is 7. The highest BCUT2D eigenvalue weighted by atomic mass is 35.5. The smallest absolute Gasteiger partial charge is 0.293 e. The van der Waals surface area contributed by atoms with Crippen molar-refractivity contribution in [1.29, 1.82) is 0 Å². The predicted octanol–water partition coefficient (Wildman–Crippen LogP) is 8.22. The molecule has 192 valence electrons. The fourth-order valence-electron chi connectivity index (χ4n) is 4.32. The SMILES string of the molecule is Cc1cc(/C=C2/SC(=O)N(Cc3ccc(Cl)cc3)C2=O)c(C)n1-c1ccc(OCc2ccc(Cl)cc2)cc1. The van der Waals surface area contributed by atoms with Gasteiger partial charge in [0, 0.05) is 27.1 Å². The Balaban J connectivity index is 1.31. The van der Waals surface area contributed by atoms with E-state index >= 15 is 0 Å². The molecule has 1 aromatic heterocycles. The second-order valence-corrected chi connectivity index (χ2v) is 10.8. The van der Waals surface area contributed by atoms with Crippen molar-refractivity contribution in [2.24, 2.45) is 0 Å². The van der Waals surface area contributed by atoms with Gasteiger partial charge in [0.1, 0.15) is 12.4 Å². The first-order valence-corrected chi connectivity index (χ1v) is 13.5. The van der Waals surface area contributed by atoms with Crippen LogP contribution in [0.15, 0.2) is 83.8 Å². The number of carbonyl (C=O) groups excluding carboxylic acids is 2. The maximum Gasteiger partial charge on any atom is 0.293 e. The van der Waals surface area contributed by atoms with Crippen molar-refractivity contribution < 1.29 is 14.3 Å². The maximum absolute atomic E-state index is 13.0. The first kappa shape index (κ1) is 26.2. The number of hydrogen-bond acceptors (Lipinski definition) is 4. The van der Waals surface area contributed by atoms with Crippen LogP contribution in [0.3, 0.4) is 0 Å². The normalized spacial score (nSPS) is 14.5. The summed E-state index contributed by atoms with van der Waals surface area (Å²) in [4.78, 5) is 27.3. The monoisotopic (exact) mass is 562 g/mol. The molecule has 4 aromatic rings. The van der Waals surface area contributed by atoms with Crippen LogP contribution in [0.1, 0.15) is 28.1 Å². The molecule has 0 unspecified atom stereocenters. The second-order valence-electron chi connectivity index (χ2n) is 8.97. The van der Waals surface area contributed by atoms with Gasteiger partial charge >= 0.3 is 0 Å². The Morgan fingerprint density at radius 2 is 1.45 bits per heavy atom. The van der Waals surface area contributed by atoms with Crippen LogP contribution in [0, 0.1) is 13.8 Å². The molecule has 3 aromatic carbocycles. The first-order chi connectivity index (χ1) is 18.3. The third-order valence-electron chi connectivity index (χ3n) is 6.30. The number of ether oxygens (including phenoxy) is 1. The topological polar surface area (TPSA) is 51.5 Å². The van der Waals surface area contributed by atoms with E-state index in [2.05, 4.69) is 4.57 Å². The van der Waals surface area contributed by atoms with Crippen LogP contribution in [-0.4, -0.2) is 20.6 Å². The fourth-order valence-corrected chi connectivity index (χ4v) is 5.40. The van der Waals surface area contributed by atoms with Crippen molar-refractivity contribution in [1.82, 2.24) is 9.47 Å². The lowest BCUT2D eigenvalue weighted by Gasteiger charge is -2.12. The zero-order valence-corrected chi connectivity index (χ0v) is 23.1. The summed E-state index contributed by atoms with van der Waals surface area (Å²) < 4.78 is 8.03. The molecular formula is C30H24Cl2N2O3S. The largest absolute Gasteiger partial charge is 0.489 e. The summed E-state index contributed by atoms with van der Waals surface area (Å²) in [6.45, 7) is 4.68. The Morgan fingerprint density at radius 3 is 2.08 bits per heavy atom. The molecule has 0 saturated carbocycles. The average Bonchev–Trinajstić information content (AvgIpc) is 3.34. The number of hydrogen-bond donors (Lipinski definition) is 0. The third kappa shape index (κ3) is 5.68. The van der Waals surface area contributed by atoms with Gasteiger partial charge in [-0.25, -0.2) is 0 Å². The summed E-state index contributed by atoms with van der Waals surface area (Å²) >= 11 is 12.9. The van der Waals surface area contributed by atoms with Gasteiger partial charge in [-0.2, -0.15) is 0 Å². The number of thioether (sulfide) groups is 1. The minimum atomic E-state index is -0.290. The number of aryl methyl sites for hydroxylation is 1. The molecule has 0 aliphatic carbocycles. The van der Waals surface area contributed by atoms with Crippen LogP contribution < -0.4 is 4.74 Å². The molecule has 2 amide bonds. The van der Waals surface area contributed by atoms with Crippen molar-refractivity contribution in [3.8, 4) is 11.4 Å². The summed E-state index contributed by atoms with van der Waals surface area (Å²) in [6, 6.07) is 24.6. The highest BCUT2D eigenvalue weighted by Gasteiger charge is 2.35. The molecule has 5 nitrogen and oxygen atoms in total. The number of aromatic nitrogens is 1. The van der Waals surface area contributed by atoms with Crippen molar-refractivity contribution >= 4 is 52.2 Å². The number of halogens is 2. The summed E-state index contributed by atoms with van der Waals surface area (Å²) in [5.41, 5.74) is 5.75. The quantitative estimate of drug-likeness (QED) is 0.213. The molecule has 1 fully saturated rings. The van der Waals surface area contributed by atoms with Gasteiger partial charge in [0.05, 0.1) is 11.4 Å². The average molecular weight is 564 g/mol. The zero-order valence-electron chi connectivity index (χ0n) is 20.8. The van der Waals surface area contributed by atoms with E-state index in [1.165, 1.54) is 4.90 Å². The van der Waals surface area contributed by atoms with Gasteiger partial charge < -0.3 is 9.30 Å². The molecule has 1 aliphatic rings. The molecule has 8 heteroatoms. The van der Waals surface area contributed by atoms with E-state index < -0.39 is 0 Å². The summed E-state index contributed by atoms with van der Waals surface area (Å²) in [7, 11) is 0. The van der Waals surface area contributed by atoms with Gasteiger partial charge in [-0.15, -0.1) is 0 Å². The molecule has 0 atom stereocenters. The summed E-state index contributed by atoms with van der Waals surface area (Å²) in [6.07, 6.45) is 1.80. The van der Waals surface area contributed by atoms with Crippen LogP contribution in [0.4, 0.5) is 4.79 Å². The Hall–Kier alpha value is -3.45. The molecule has 2 heterocycles. The van der Waals surface area contributed by atoms with Gasteiger partial charge in [0.25, 0.3) is 11.1 Å². The summed E-state index contributed by atoms with van der Waals surface area (Å²) in [5.74, 6) is 0.475. The van der Waals surface area contributed by atoms with Gasteiger partial charge in [-0.05, 0) is 103 Å². The molecule has 0 spiro atoms. The van der Waals surface area contributed by atoms with E-state index in [0.717, 1.165) is 51.3 Å². The maximum atomic E-state index is 13.0. The van der Waals surface area contributed by atoms with E-state index in [0.29, 0.717) is 21.6 Å². The van der Waals surface area contributed by atoms with E-state index in [9.17, 15) is 9.59 Å². The van der Waals surface area contributed by atoms with Crippen molar-refractivity contribution in [3.05, 3.63) is 122 Å². The van der Waals surface area contributed by atoms with E-state index in [4.69, 9.17) is 27.9 Å². The fraction of sp³-hybridized carbons (Fsp3) is 0.133. The van der Waals surface area contributed by atoms with Crippen LogP contribution in [-0.2, 0) is 17.9 Å². The van der Waals surface area contributed by atoms with Gasteiger partial charge in [-0.1, -0.05) is 47.5 Å². The van der Waals surface area contributed by atoms with Crippen molar-refractivity contribution in [3.63, 3.8) is 0 Å². The number of imide groups is 1. The highest BCUT2D eigenvalue weighted by Crippen LogP contribution is 2.35. The van der Waals surface area contributed by atoms with Crippen LogP contribution in [0.5, 0.6) is 5.75 Å². The van der Waals surface area contributed by atoms with Crippen LogP contribution in [0.2, 0.25) is 10.0 Å². The minimum absolute atomic E-state index is 0.213. The molecule has 0 N–H and O–H groups in total. The molecule has 5 rings (SSSR count). The van der Waals surface area contributed by atoms with Gasteiger partial charge in [0.15, 0.2) is 0 Å². The lowest BCUT2D eigenvalue weighted by Crippen LogP contribution is -2.27. The number of carbonyl (C=O) groups is 2. The van der Waals surface area contributed by atoms with Crippen molar-refractivity contribution in [2.45, 2.75) is 27.0 Å².